The Morgan fingerprint density at radius 2 is 2.00 bits per heavy atom. The fourth-order valence-electron chi connectivity index (χ4n) is 1.23. The minimum atomic E-state index is 0.335. The van der Waals surface area contributed by atoms with Crippen molar-refractivity contribution in [2.75, 3.05) is 7.11 Å². The molecular formula is C11H12O3. The molecule has 1 aliphatic rings. The van der Waals surface area contributed by atoms with Gasteiger partial charge in [-0.3, -0.25) is 4.79 Å². The lowest BCUT2D eigenvalue weighted by Gasteiger charge is -2.07. The van der Waals surface area contributed by atoms with Crippen LogP contribution in [0.4, 0.5) is 0 Å². The summed E-state index contributed by atoms with van der Waals surface area (Å²) in [5.41, 5.74) is 0.583. The van der Waals surface area contributed by atoms with Crippen LogP contribution in [0.15, 0.2) is 18.2 Å². The highest BCUT2D eigenvalue weighted by Crippen LogP contribution is 2.29. The van der Waals surface area contributed by atoms with Gasteiger partial charge in [0.25, 0.3) is 0 Å². The molecule has 0 amide bonds. The van der Waals surface area contributed by atoms with E-state index in [1.807, 2.05) is 0 Å². The molecule has 0 saturated heterocycles. The summed E-state index contributed by atoms with van der Waals surface area (Å²) >= 11 is 0. The number of carbonyl (C=O) groups excluding carboxylic acids is 1. The third kappa shape index (κ3) is 2.05. The van der Waals surface area contributed by atoms with Gasteiger partial charge in [0.2, 0.25) is 0 Å². The van der Waals surface area contributed by atoms with Crippen molar-refractivity contribution in [1.82, 2.24) is 0 Å². The zero-order valence-electron chi connectivity index (χ0n) is 8.03. The fourth-order valence-corrected chi connectivity index (χ4v) is 1.23. The van der Waals surface area contributed by atoms with E-state index in [1.165, 1.54) is 0 Å². The van der Waals surface area contributed by atoms with E-state index >= 15 is 0 Å². The summed E-state index contributed by atoms with van der Waals surface area (Å²) in [6.45, 7) is 0. The van der Waals surface area contributed by atoms with Crippen molar-refractivity contribution in [1.29, 1.82) is 0 Å². The zero-order valence-corrected chi connectivity index (χ0v) is 8.03. The van der Waals surface area contributed by atoms with Crippen molar-refractivity contribution in [3.63, 3.8) is 0 Å². The Morgan fingerprint density at radius 1 is 1.29 bits per heavy atom. The molecule has 1 saturated carbocycles. The Balaban J connectivity index is 2.23. The molecule has 1 aromatic rings. The lowest BCUT2D eigenvalue weighted by atomic mass is 10.2. The van der Waals surface area contributed by atoms with Crippen molar-refractivity contribution in [3.8, 4) is 11.5 Å². The van der Waals surface area contributed by atoms with Crippen molar-refractivity contribution in [2.45, 2.75) is 18.9 Å². The summed E-state index contributed by atoms with van der Waals surface area (Å²) in [5, 5.41) is 0. The highest BCUT2D eigenvalue weighted by molar-refractivity contribution is 5.76. The van der Waals surface area contributed by atoms with Crippen LogP contribution in [-0.2, 0) is 0 Å². The molecule has 0 aromatic heterocycles. The van der Waals surface area contributed by atoms with Crippen LogP contribution in [0.5, 0.6) is 11.5 Å². The van der Waals surface area contributed by atoms with Crippen LogP contribution in [0.3, 0.4) is 0 Å². The van der Waals surface area contributed by atoms with Crippen LogP contribution in [-0.4, -0.2) is 19.5 Å². The minimum absolute atomic E-state index is 0.335. The minimum Gasteiger partial charge on any atom is -0.497 e. The summed E-state index contributed by atoms with van der Waals surface area (Å²) < 4.78 is 10.6. The number of ether oxygens (including phenoxy) is 2. The van der Waals surface area contributed by atoms with Gasteiger partial charge in [0.15, 0.2) is 0 Å². The number of carbonyl (C=O) groups is 1. The molecule has 1 fully saturated rings. The van der Waals surface area contributed by atoms with E-state index in [4.69, 9.17) is 9.47 Å². The molecule has 3 heteroatoms. The first kappa shape index (κ1) is 9.06. The third-order valence-electron chi connectivity index (χ3n) is 2.10. The summed E-state index contributed by atoms with van der Waals surface area (Å²) in [7, 11) is 1.57. The number of benzene rings is 1. The number of hydrogen-bond acceptors (Lipinski definition) is 3. The van der Waals surface area contributed by atoms with Crippen LogP contribution in [0.25, 0.3) is 0 Å². The van der Waals surface area contributed by atoms with Crippen LogP contribution in [0.2, 0.25) is 0 Å². The lowest BCUT2D eigenvalue weighted by molar-refractivity contribution is 0.112. The average Bonchev–Trinajstić information content (AvgIpc) is 3.01. The Morgan fingerprint density at radius 3 is 2.57 bits per heavy atom. The Bertz CT molecular complexity index is 342. The molecule has 14 heavy (non-hydrogen) atoms. The second kappa shape index (κ2) is 3.70. The maximum Gasteiger partial charge on any atom is 0.150 e. The molecule has 3 nitrogen and oxygen atoms in total. The molecule has 0 spiro atoms. The predicted octanol–water partition coefficient (Wildman–Crippen LogP) is 2.05. The summed E-state index contributed by atoms with van der Waals surface area (Å²) in [6, 6.07) is 5.21. The molecule has 0 radical (unpaired) electrons. The summed E-state index contributed by atoms with van der Waals surface area (Å²) in [5.74, 6) is 1.37. The van der Waals surface area contributed by atoms with Crippen molar-refractivity contribution < 1.29 is 14.3 Å². The molecule has 1 aromatic carbocycles. The molecule has 0 bridgehead atoms. The van der Waals surface area contributed by atoms with E-state index in [-0.39, 0.29) is 0 Å². The molecule has 0 aliphatic heterocycles. The summed E-state index contributed by atoms with van der Waals surface area (Å²) in [6.07, 6.45) is 3.34. The Hall–Kier alpha value is -1.51. The van der Waals surface area contributed by atoms with Crippen LogP contribution >= 0.6 is 0 Å². The van der Waals surface area contributed by atoms with Crippen molar-refractivity contribution >= 4 is 6.29 Å². The first-order chi connectivity index (χ1) is 6.81. The van der Waals surface area contributed by atoms with Gasteiger partial charge in [-0.2, -0.15) is 0 Å². The molecule has 0 unspecified atom stereocenters. The first-order valence-electron chi connectivity index (χ1n) is 4.63. The topological polar surface area (TPSA) is 35.5 Å². The average molecular weight is 192 g/mol. The highest BCUT2D eigenvalue weighted by Gasteiger charge is 2.23. The van der Waals surface area contributed by atoms with Gasteiger partial charge in [-0.05, 0) is 25.0 Å². The molecule has 0 atom stereocenters. The molecule has 74 valence electrons. The van der Waals surface area contributed by atoms with E-state index in [9.17, 15) is 4.79 Å². The molecule has 0 heterocycles. The van der Waals surface area contributed by atoms with Gasteiger partial charge in [0.1, 0.15) is 17.8 Å². The fraction of sp³-hybridized carbons (Fsp3) is 0.364. The van der Waals surface area contributed by atoms with Gasteiger partial charge in [-0.15, -0.1) is 0 Å². The van der Waals surface area contributed by atoms with Crippen molar-refractivity contribution in [2.24, 2.45) is 0 Å². The van der Waals surface area contributed by atoms with Crippen LogP contribution < -0.4 is 9.47 Å². The SMILES string of the molecule is COc1cc(C=O)cc(OC2CC2)c1. The maximum atomic E-state index is 10.6. The Labute approximate surface area is 82.6 Å². The third-order valence-corrected chi connectivity index (χ3v) is 2.10. The van der Waals surface area contributed by atoms with Gasteiger partial charge in [0.05, 0.1) is 13.2 Å². The molecule has 0 N–H and O–H groups in total. The summed E-state index contributed by atoms with van der Waals surface area (Å²) in [4.78, 5) is 10.6. The highest BCUT2D eigenvalue weighted by atomic mass is 16.5. The number of rotatable bonds is 4. The van der Waals surface area contributed by atoms with Gasteiger partial charge < -0.3 is 9.47 Å². The normalized spacial score (nSPS) is 14.9. The zero-order chi connectivity index (χ0) is 9.97. The largest absolute Gasteiger partial charge is 0.497 e. The predicted molar refractivity (Wildman–Crippen MR) is 52.0 cm³/mol. The van der Waals surface area contributed by atoms with Gasteiger partial charge in [-0.25, -0.2) is 0 Å². The van der Waals surface area contributed by atoms with Gasteiger partial charge >= 0.3 is 0 Å². The van der Waals surface area contributed by atoms with E-state index in [0.717, 1.165) is 19.1 Å². The number of methoxy groups -OCH3 is 1. The van der Waals surface area contributed by atoms with Crippen LogP contribution in [0, 0.1) is 0 Å². The van der Waals surface area contributed by atoms with E-state index in [1.54, 1.807) is 25.3 Å². The quantitative estimate of drug-likeness (QED) is 0.685. The maximum absolute atomic E-state index is 10.6. The Kier molecular flexibility index (Phi) is 2.39. The molecular weight excluding hydrogens is 180 g/mol. The van der Waals surface area contributed by atoms with E-state index in [0.29, 0.717) is 23.2 Å². The standard InChI is InChI=1S/C11H12O3/c1-13-10-4-8(7-12)5-11(6-10)14-9-2-3-9/h4-7,9H,2-3H2,1H3. The second-order valence-electron chi connectivity index (χ2n) is 3.38. The van der Waals surface area contributed by atoms with E-state index in [2.05, 4.69) is 0 Å². The van der Waals surface area contributed by atoms with E-state index < -0.39 is 0 Å². The number of aldehydes is 1. The smallest absolute Gasteiger partial charge is 0.150 e. The molecule has 2 rings (SSSR count). The lowest BCUT2D eigenvalue weighted by Crippen LogP contribution is -1.97. The first-order valence-corrected chi connectivity index (χ1v) is 4.63. The van der Waals surface area contributed by atoms with Crippen LogP contribution in [0.1, 0.15) is 23.2 Å². The van der Waals surface area contributed by atoms with Gasteiger partial charge in [-0.1, -0.05) is 0 Å². The monoisotopic (exact) mass is 192 g/mol. The second-order valence-corrected chi connectivity index (χ2v) is 3.38. The van der Waals surface area contributed by atoms with Gasteiger partial charge in [0, 0.05) is 11.6 Å². The van der Waals surface area contributed by atoms with Crippen molar-refractivity contribution in [3.05, 3.63) is 23.8 Å². The molecule has 1 aliphatic carbocycles. The number of hydrogen-bond donors (Lipinski definition) is 0.